The molecule has 6 nitrogen and oxygen atoms in total. The van der Waals surface area contributed by atoms with Gasteiger partial charge in [-0.2, -0.15) is 0 Å². The van der Waals surface area contributed by atoms with Crippen molar-refractivity contribution < 1.29 is 17.9 Å². The van der Waals surface area contributed by atoms with E-state index in [1.807, 2.05) is 32.0 Å². The third-order valence-corrected chi connectivity index (χ3v) is 6.01. The van der Waals surface area contributed by atoms with Gasteiger partial charge in [0.25, 0.3) is 15.9 Å². The second kappa shape index (κ2) is 9.00. The number of carbonyl (C=O) groups is 1. The van der Waals surface area contributed by atoms with Crippen LogP contribution in [0.1, 0.15) is 35.7 Å². The monoisotopic (exact) mass is 424 g/mol. The number of benzene rings is 3. The van der Waals surface area contributed by atoms with E-state index in [1.165, 1.54) is 7.11 Å². The number of hydrogen-bond donors (Lipinski definition) is 2. The molecule has 1 amide bonds. The number of ether oxygens (including phenoxy) is 1. The van der Waals surface area contributed by atoms with E-state index < -0.39 is 10.0 Å². The number of amides is 1. The fourth-order valence-electron chi connectivity index (χ4n) is 2.88. The molecule has 3 aromatic rings. The molecule has 0 fully saturated rings. The van der Waals surface area contributed by atoms with Crippen molar-refractivity contribution in [1.29, 1.82) is 0 Å². The molecule has 0 aromatic heterocycles. The molecular weight excluding hydrogens is 400 g/mol. The number of carbonyl (C=O) groups excluding carboxylic acids is 1. The molecule has 0 atom stereocenters. The van der Waals surface area contributed by atoms with Gasteiger partial charge in [-0.05, 0) is 60.0 Å². The smallest absolute Gasteiger partial charge is 0.261 e. The summed E-state index contributed by atoms with van der Waals surface area (Å²) in [6.07, 6.45) is 0. The highest BCUT2D eigenvalue weighted by Gasteiger charge is 2.15. The topological polar surface area (TPSA) is 84.5 Å². The lowest BCUT2D eigenvalue weighted by Gasteiger charge is -2.11. The SMILES string of the molecule is COc1ccccc1NC(=O)c1ccc(NS(=O)(=O)c2ccc(C(C)C)cc2)cc1. The Morgan fingerprint density at radius 2 is 1.53 bits per heavy atom. The van der Waals surface area contributed by atoms with Crippen LogP contribution in [0.4, 0.5) is 11.4 Å². The summed E-state index contributed by atoms with van der Waals surface area (Å²) < 4.78 is 33.0. The molecule has 0 aliphatic heterocycles. The second-order valence-corrected chi connectivity index (χ2v) is 8.74. The van der Waals surface area contributed by atoms with Crippen LogP contribution in [0.15, 0.2) is 77.7 Å². The van der Waals surface area contributed by atoms with Crippen molar-refractivity contribution in [2.75, 3.05) is 17.1 Å². The first-order chi connectivity index (χ1) is 14.3. The molecule has 0 radical (unpaired) electrons. The lowest BCUT2D eigenvalue weighted by atomic mass is 10.0. The summed E-state index contributed by atoms with van der Waals surface area (Å²) in [5.74, 6) is 0.557. The molecule has 0 saturated carbocycles. The molecule has 156 valence electrons. The third kappa shape index (κ3) is 4.99. The van der Waals surface area contributed by atoms with Gasteiger partial charge in [-0.3, -0.25) is 9.52 Å². The lowest BCUT2D eigenvalue weighted by molar-refractivity contribution is 0.102. The Labute approximate surface area is 177 Å². The minimum atomic E-state index is -3.71. The highest BCUT2D eigenvalue weighted by Crippen LogP contribution is 2.24. The molecule has 0 unspecified atom stereocenters. The Morgan fingerprint density at radius 3 is 2.13 bits per heavy atom. The van der Waals surface area contributed by atoms with Gasteiger partial charge in [-0.25, -0.2) is 8.42 Å². The van der Waals surface area contributed by atoms with Crippen molar-refractivity contribution in [2.24, 2.45) is 0 Å². The summed E-state index contributed by atoms with van der Waals surface area (Å²) in [4.78, 5) is 12.7. The van der Waals surface area contributed by atoms with Gasteiger partial charge in [0.05, 0.1) is 17.7 Å². The van der Waals surface area contributed by atoms with E-state index in [1.54, 1.807) is 54.6 Å². The summed E-state index contributed by atoms with van der Waals surface area (Å²) in [6, 6.07) is 20.1. The zero-order valence-electron chi connectivity index (χ0n) is 17.0. The number of anilines is 2. The summed E-state index contributed by atoms with van der Waals surface area (Å²) in [7, 11) is -2.18. The maximum atomic E-state index is 12.6. The first kappa shape index (κ1) is 21.4. The molecule has 0 bridgehead atoms. The number of sulfonamides is 1. The number of nitrogens with one attached hydrogen (secondary N) is 2. The quantitative estimate of drug-likeness (QED) is 0.567. The van der Waals surface area contributed by atoms with Crippen LogP contribution in [0.5, 0.6) is 5.75 Å². The minimum Gasteiger partial charge on any atom is -0.495 e. The normalized spacial score (nSPS) is 11.2. The molecule has 3 rings (SSSR count). The Bertz CT molecular complexity index is 1120. The minimum absolute atomic E-state index is 0.185. The van der Waals surface area contributed by atoms with Gasteiger partial charge in [-0.1, -0.05) is 38.1 Å². The zero-order chi connectivity index (χ0) is 21.7. The molecule has 0 spiro atoms. The van der Waals surface area contributed by atoms with Crippen molar-refractivity contribution in [3.63, 3.8) is 0 Å². The maximum Gasteiger partial charge on any atom is 0.261 e. The first-order valence-electron chi connectivity index (χ1n) is 9.47. The van der Waals surface area contributed by atoms with Crippen LogP contribution in [0, 0.1) is 0 Å². The summed E-state index contributed by atoms with van der Waals surface area (Å²) >= 11 is 0. The molecule has 0 aliphatic carbocycles. The van der Waals surface area contributed by atoms with Gasteiger partial charge in [-0.15, -0.1) is 0 Å². The molecule has 3 aromatic carbocycles. The van der Waals surface area contributed by atoms with Crippen LogP contribution in [0.3, 0.4) is 0 Å². The van der Waals surface area contributed by atoms with E-state index in [0.29, 0.717) is 28.6 Å². The lowest BCUT2D eigenvalue weighted by Crippen LogP contribution is -2.14. The van der Waals surface area contributed by atoms with Crippen molar-refractivity contribution in [1.82, 2.24) is 0 Å². The number of rotatable bonds is 7. The van der Waals surface area contributed by atoms with E-state index in [0.717, 1.165) is 5.56 Å². The predicted octanol–water partition coefficient (Wildman–Crippen LogP) is 4.87. The van der Waals surface area contributed by atoms with Gasteiger partial charge >= 0.3 is 0 Å². The fraction of sp³-hybridized carbons (Fsp3) is 0.174. The molecule has 30 heavy (non-hydrogen) atoms. The second-order valence-electron chi connectivity index (χ2n) is 7.06. The number of methoxy groups -OCH3 is 1. The molecule has 2 N–H and O–H groups in total. The molecular formula is C23H24N2O4S. The van der Waals surface area contributed by atoms with Crippen LogP contribution in [-0.4, -0.2) is 21.4 Å². The summed E-state index contributed by atoms with van der Waals surface area (Å²) in [6.45, 7) is 4.10. The average Bonchev–Trinajstić information content (AvgIpc) is 2.74. The number of para-hydroxylation sites is 2. The third-order valence-electron chi connectivity index (χ3n) is 4.61. The predicted molar refractivity (Wildman–Crippen MR) is 119 cm³/mol. The molecule has 0 saturated heterocycles. The standard InChI is InChI=1S/C23H24N2O4S/c1-16(2)17-10-14-20(15-11-17)30(27,28)25-19-12-8-18(9-13-19)23(26)24-21-6-4-5-7-22(21)29-3/h4-16,25H,1-3H3,(H,24,26). The van der Waals surface area contributed by atoms with Crippen LogP contribution >= 0.6 is 0 Å². The summed E-state index contributed by atoms with van der Waals surface area (Å²) in [5, 5.41) is 2.78. The largest absolute Gasteiger partial charge is 0.495 e. The maximum absolute atomic E-state index is 12.6. The Balaban J connectivity index is 1.71. The Hall–Kier alpha value is -3.32. The van der Waals surface area contributed by atoms with Crippen molar-refractivity contribution in [3.8, 4) is 5.75 Å². The van der Waals surface area contributed by atoms with Gasteiger partial charge in [0, 0.05) is 11.3 Å². The summed E-state index contributed by atoms with van der Waals surface area (Å²) in [5.41, 5.74) is 2.39. The number of hydrogen-bond acceptors (Lipinski definition) is 4. The van der Waals surface area contributed by atoms with Gasteiger partial charge in [0.2, 0.25) is 0 Å². The average molecular weight is 425 g/mol. The fourth-order valence-corrected chi connectivity index (χ4v) is 3.94. The first-order valence-corrected chi connectivity index (χ1v) is 11.0. The Morgan fingerprint density at radius 1 is 0.900 bits per heavy atom. The molecule has 7 heteroatoms. The van der Waals surface area contributed by atoms with Crippen LogP contribution in [0.2, 0.25) is 0 Å². The van der Waals surface area contributed by atoms with Crippen LogP contribution in [0.25, 0.3) is 0 Å². The van der Waals surface area contributed by atoms with E-state index in [4.69, 9.17) is 4.74 Å². The van der Waals surface area contributed by atoms with Crippen molar-refractivity contribution >= 4 is 27.3 Å². The van der Waals surface area contributed by atoms with Gasteiger partial charge < -0.3 is 10.1 Å². The van der Waals surface area contributed by atoms with E-state index >= 15 is 0 Å². The van der Waals surface area contributed by atoms with E-state index in [9.17, 15) is 13.2 Å². The van der Waals surface area contributed by atoms with E-state index in [-0.39, 0.29) is 10.8 Å². The zero-order valence-corrected chi connectivity index (χ0v) is 17.9. The molecule has 0 heterocycles. The van der Waals surface area contributed by atoms with Crippen LogP contribution in [-0.2, 0) is 10.0 Å². The highest BCUT2D eigenvalue weighted by molar-refractivity contribution is 7.92. The van der Waals surface area contributed by atoms with Crippen LogP contribution < -0.4 is 14.8 Å². The van der Waals surface area contributed by atoms with Gasteiger partial charge in [0.1, 0.15) is 5.75 Å². The van der Waals surface area contributed by atoms with Crippen molar-refractivity contribution in [2.45, 2.75) is 24.7 Å². The van der Waals surface area contributed by atoms with Gasteiger partial charge in [0.15, 0.2) is 0 Å². The van der Waals surface area contributed by atoms with Crippen molar-refractivity contribution in [3.05, 3.63) is 83.9 Å². The Kier molecular flexibility index (Phi) is 6.42. The van der Waals surface area contributed by atoms with E-state index in [2.05, 4.69) is 10.0 Å². The molecule has 0 aliphatic rings. The highest BCUT2D eigenvalue weighted by atomic mass is 32.2.